The topological polar surface area (TPSA) is 24.7 Å². The third-order valence-electron chi connectivity index (χ3n) is 9.56. The standard InChI is InChI=1S/C47H74N2.Ni/c1-5-8-11-13-15-17-19-21-23-25-27-29-33-43-35-31-37-45(40-43)48-42(4)47(39-10-7-3)49-46-38-32-36-44(41-46)34-30-28-26-24-22-20-18-16-14-12-9-6-2;/h29-38,40-41H,5-28,39H2,1-4H3;. The molecule has 2 aromatic carbocycles. The van der Waals surface area contributed by atoms with Crippen LogP contribution in [0.15, 0.2) is 70.7 Å². The SMILES string of the molecule is CCCCCCCCCCCCC=Cc1cccc(N=C(C)C(CCCC)=Nc2cccc(C=CCCCCCCCCCCCC)c2)c1.[Ni]. The second-order valence-corrected chi connectivity index (χ2v) is 14.3. The first kappa shape index (κ1) is 45.8. The Hall–Kier alpha value is -2.25. The summed E-state index contributed by atoms with van der Waals surface area (Å²) in [5, 5.41) is 0. The average Bonchev–Trinajstić information content (AvgIpc) is 3.11. The van der Waals surface area contributed by atoms with Crippen LogP contribution in [0.3, 0.4) is 0 Å². The van der Waals surface area contributed by atoms with E-state index in [4.69, 9.17) is 9.98 Å². The summed E-state index contributed by atoms with van der Waals surface area (Å²) in [6.45, 7) is 8.95. The monoisotopic (exact) mass is 725 g/mol. The fourth-order valence-electron chi connectivity index (χ4n) is 6.41. The number of hydrogen-bond donors (Lipinski definition) is 0. The molecule has 0 radical (unpaired) electrons. The molecule has 0 unspecified atom stereocenters. The predicted octanol–water partition coefficient (Wildman–Crippen LogP) is 16.4. The Kier molecular flexibility index (Phi) is 29.9. The van der Waals surface area contributed by atoms with E-state index in [-0.39, 0.29) is 16.5 Å². The molecule has 0 aliphatic carbocycles. The number of allylic oxidation sites excluding steroid dienone is 2. The van der Waals surface area contributed by atoms with Gasteiger partial charge in [-0.05, 0) is 80.8 Å². The van der Waals surface area contributed by atoms with E-state index >= 15 is 0 Å². The Balaban J connectivity index is 0.0000125. The number of nitrogens with zero attached hydrogens (tertiary/aromatic N) is 2. The molecule has 2 rings (SSSR count). The van der Waals surface area contributed by atoms with Crippen LogP contribution in [0.4, 0.5) is 11.4 Å². The molecule has 0 saturated heterocycles. The third kappa shape index (κ3) is 24.0. The summed E-state index contributed by atoms with van der Waals surface area (Å²) in [6, 6.07) is 17.3. The number of hydrogen-bond acceptors (Lipinski definition) is 2. The molecule has 282 valence electrons. The molecule has 0 amide bonds. The van der Waals surface area contributed by atoms with E-state index in [0.717, 1.165) is 54.9 Å². The Labute approximate surface area is 320 Å². The van der Waals surface area contributed by atoms with Crippen molar-refractivity contribution in [3.63, 3.8) is 0 Å². The van der Waals surface area contributed by atoms with E-state index in [9.17, 15) is 0 Å². The summed E-state index contributed by atoms with van der Waals surface area (Å²) in [4.78, 5) is 10.2. The van der Waals surface area contributed by atoms with Crippen molar-refractivity contribution >= 4 is 35.0 Å². The minimum absolute atomic E-state index is 0. The van der Waals surface area contributed by atoms with Gasteiger partial charge in [0.2, 0.25) is 0 Å². The number of benzene rings is 2. The first-order valence-corrected chi connectivity index (χ1v) is 20.8. The first-order valence-electron chi connectivity index (χ1n) is 20.8. The Morgan fingerprint density at radius 2 is 0.860 bits per heavy atom. The van der Waals surface area contributed by atoms with Gasteiger partial charge in [-0.1, -0.05) is 191 Å². The zero-order chi connectivity index (χ0) is 35.0. The Morgan fingerprint density at radius 1 is 0.480 bits per heavy atom. The van der Waals surface area contributed by atoms with Gasteiger partial charge < -0.3 is 0 Å². The fraction of sp³-hybridized carbons (Fsp3) is 0.617. The van der Waals surface area contributed by atoms with E-state index in [1.165, 1.54) is 140 Å². The molecule has 0 heterocycles. The van der Waals surface area contributed by atoms with Gasteiger partial charge in [0.1, 0.15) is 0 Å². The maximum atomic E-state index is 5.14. The maximum Gasteiger partial charge on any atom is 0.0639 e. The fourth-order valence-corrected chi connectivity index (χ4v) is 6.41. The molecule has 2 aromatic rings. The molecule has 0 aliphatic heterocycles. The van der Waals surface area contributed by atoms with Crippen molar-refractivity contribution < 1.29 is 16.5 Å². The van der Waals surface area contributed by atoms with Crippen LogP contribution in [0.5, 0.6) is 0 Å². The number of rotatable bonds is 30. The maximum absolute atomic E-state index is 5.14. The third-order valence-corrected chi connectivity index (χ3v) is 9.56. The second kappa shape index (κ2) is 32.6. The molecule has 50 heavy (non-hydrogen) atoms. The van der Waals surface area contributed by atoms with E-state index in [0.29, 0.717) is 0 Å². The van der Waals surface area contributed by atoms with Crippen molar-refractivity contribution in [2.75, 3.05) is 0 Å². The molecular weight excluding hydrogens is 651 g/mol. The minimum Gasteiger partial charge on any atom is -0.252 e. The smallest absolute Gasteiger partial charge is 0.0639 e. The van der Waals surface area contributed by atoms with Gasteiger partial charge in [-0.15, -0.1) is 0 Å². The van der Waals surface area contributed by atoms with Crippen LogP contribution in [0.1, 0.15) is 199 Å². The molecule has 0 N–H and O–H groups in total. The molecule has 0 atom stereocenters. The van der Waals surface area contributed by atoms with Gasteiger partial charge in [-0.25, -0.2) is 0 Å². The summed E-state index contributed by atoms with van der Waals surface area (Å²) < 4.78 is 0. The molecule has 3 heteroatoms. The van der Waals surface area contributed by atoms with Crippen LogP contribution in [0, 0.1) is 0 Å². The summed E-state index contributed by atoms with van der Waals surface area (Å²) in [7, 11) is 0. The Morgan fingerprint density at radius 3 is 1.28 bits per heavy atom. The molecule has 0 bridgehead atoms. The van der Waals surface area contributed by atoms with Crippen molar-refractivity contribution in [1.82, 2.24) is 0 Å². The molecular formula is C47H74N2Ni. The molecule has 2 nitrogen and oxygen atoms in total. The van der Waals surface area contributed by atoms with E-state index in [1.54, 1.807) is 0 Å². The first-order chi connectivity index (χ1) is 24.2. The van der Waals surface area contributed by atoms with Crippen LogP contribution in [-0.2, 0) is 16.5 Å². The van der Waals surface area contributed by atoms with Crippen molar-refractivity contribution in [2.45, 2.75) is 188 Å². The van der Waals surface area contributed by atoms with E-state index in [2.05, 4.69) is 101 Å². The quantitative estimate of drug-likeness (QED) is 0.0435. The van der Waals surface area contributed by atoms with Crippen LogP contribution >= 0.6 is 0 Å². The summed E-state index contributed by atoms with van der Waals surface area (Å²) in [6.07, 6.45) is 42.5. The van der Waals surface area contributed by atoms with Crippen molar-refractivity contribution in [3.05, 3.63) is 71.8 Å². The molecule has 0 aromatic heterocycles. The van der Waals surface area contributed by atoms with Gasteiger partial charge in [0.15, 0.2) is 0 Å². The zero-order valence-corrected chi connectivity index (χ0v) is 33.8. The molecule has 0 aliphatic rings. The minimum atomic E-state index is 0. The van der Waals surface area contributed by atoms with Crippen LogP contribution in [0.25, 0.3) is 12.2 Å². The summed E-state index contributed by atoms with van der Waals surface area (Å²) >= 11 is 0. The van der Waals surface area contributed by atoms with Gasteiger partial charge in [-0.2, -0.15) is 0 Å². The van der Waals surface area contributed by atoms with Gasteiger partial charge in [0.05, 0.1) is 22.8 Å². The van der Waals surface area contributed by atoms with Crippen molar-refractivity contribution in [2.24, 2.45) is 9.98 Å². The predicted molar refractivity (Wildman–Crippen MR) is 223 cm³/mol. The van der Waals surface area contributed by atoms with Gasteiger partial charge in [0.25, 0.3) is 0 Å². The summed E-state index contributed by atoms with van der Waals surface area (Å²) in [5.74, 6) is 0. The van der Waals surface area contributed by atoms with Crippen molar-refractivity contribution in [3.8, 4) is 0 Å². The zero-order valence-electron chi connectivity index (χ0n) is 32.8. The average molecular weight is 726 g/mol. The van der Waals surface area contributed by atoms with Crippen LogP contribution in [-0.4, -0.2) is 11.4 Å². The van der Waals surface area contributed by atoms with Gasteiger partial charge in [-0.3, -0.25) is 9.98 Å². The largest absolute Gasteiger partial charge is 0.252 e. The van der Waals surface area contributed by atoms with E-state index in [1.807, 2.05) is 0 Å². The van der Waals surface area contributed by atoms with Crippen molar-refractivity contribution in [1.29, 1.82) is 0 Å². The van der Waals surface area contributed by atoms with E-state index < -0.39 is 0 Å². The van der Waals surface area contributed by atoms with Crippen LogP contribution < -0.4 is 0 Å². The number of unbranched alkanes of at least 4 members (excludes halogenated alkanes) is 21. The second-order valence-electron chi connectivity index (χ2n) is 14.3. The van der Waals surface area contributed by atoms with Crippen LogP contribution in [0.2, 0.25) is 0 Å². The van der Waals surface area contributed by atoms with Gasteiger partial charge in [0, 0.05) is 16.5 Å². The normalized spacial score (nSPS) is 12.3. The Bertz CT molecular complexity index is 1210. The summed E-state index contributed by atoms with van der Waals surface area (Å²) in [5.41, 5.74) is 6.59. The molecule has 0 fully saturated rings. The number of aliphatic imine (C=N–C) groups is 2. The molecule has 0 saturated carbocycles. The molecule has 0 spiro atoms. The van der Waals surface area contributed by atoms with Gasteiger partial charge >= 0.3 is 0 Å².